The highest BCUT2D eigenvalue weighted by Gasteiger charge is 2.19. The summed E-state index contributed by atoms with van der Waals surface area (Å²) in [6.45, 7) is 3.50. The van der Waals surface area contributed by atoms with Gasteiger partial charge in [-0.2, -0.15) is 0 Å². The number of nitrogens with two attached hydrogens (primary N) is 1. The Morgan fingerprint density at radius 1 is 1.67 bits per heavy atom. The lowest BCUT2D eigenvalue weighted by atomic mass is 10.1. The molecule has 1 aliphatic heterocycles. The minimum atomic E-state index is 0.246. The van der Waals surface area contributed by atoms with E-state index in [0.717, 1.165) is 37.5 Å². The summed E-state index contributed by atoms with van der Waals surface area (Å²) >= 11 is 0. The van der Waals surface area contributed by atoms with Crippen LogP contribution in [0.4, 0.5) is 0 Å². The van der Waals surface area contributed by atoms with Crippen LogP contribution in [0, 0.1) is 0 Å². The molecule has 84 valence electrons. The van der Waals surface area contributed by atoms with E-state index in [0.29, 0.717) is 12.6 Å². The van der Waals surface area contributed by atoms with Crippen LogP contribution in [0.25, 0.3) is 0 Å². The fraction of sp³-hybridized carbons (Fsp3) is 0.727. The molecule has 1 fully saturated rings. The minimum absolute atomic E-state index is 0.246. The Kier molecular flexibility index (Phi) is 3.38. The maximum absolute atomic E-state index is 5.63. The molecule has 0 aliphatic carbocycles. The quantitative estimate of drug-likeness (QED) is 0.817. The highest BCUT2D eigenvalue weighted by atomic mass is 16.5. The molecular formula is C11H18N2O2. The van der Waals surface area contributed by atoms with E-state index in [2.05, 4.69) is 4.98 Å². The largest absolute Gasteiger partial charge is 0.445 e. The van der Waals surface area contributed by atoms with E-state index in [1.54, 1.807) is 6.20 Å². The Morgan fingerprint density at radius 3 is 3.20 bits per heavy atom. The van der Waals surface area contributed by atoms with Crippen LogP contribution in [0.5, 0.6) is 0 Å². The van der Waals surface area contributed by atoms with Crippen molar-refractivity contribution in [2.75, 3.05) is 13.2 Å². The second kappa shape index (κ2) is 4.77. The van der Waals surface area contributed by atoms with Gasteiger partial charge in [-0.25, -0.2) is 4.98 Å². The van der Waals surface area contributed by atoms with E-state index in [4.69, 9.17) is 14.9 Å². The van der Waals surface area contributed by atoms with Crippen molar-refractivity contribution in [2.45, 2.75) is 38.2 Å². The van der Waals surface area contributed by atoms with Crippen LogP contribution in [0.15, 0.2) is 10.6 Å². The molecular weight excluding hydrogens is 192 g/mol. The Hall–Kier alpha value is -0.870. The third kappa shape index (κ3) is 2.58. The number of aromatic nitrogens is 1. The Bertz CT molecular complexity index is 305. The van der Waals surface area contributed by atoms with E-state index >= 15 is 0 Å². The molecule has 2 rings (SSSR count). The van der Waals surface area contributed by atoms with Crippen LogP contribution in [0.3, 0.4) is 0 Å². The van der Waals surface area contributed by atoms with Crippen LogP contribution < -0.4 is 5.73 Å². The van der Waals surface area contributed by atoms with Crippen molar-refractivity contribution in [3.8, 4) is 0 Å². The third-order valence-electron chi connectivity index (χ3n) is 2.84. The summed E-state index contributed by atoms with van der Waals surface area (Å²) in [7, 11) is 0. The second-order valence-corrected chi connectivity index (χ2v) is 4.13. The zero-order chi connectivity index (χ0) is 10.7. The summed E-state index contributed by atoms with van der Waals surface area (Å²) < 4.78 is 11.2. The summed E-state index contributed by atoms with van der Waals surface area (Å²) in [6.07, 6.45) is 5.13. The molecule has 4 heteroatoms. The van der Waals surface area contributed by atoms with Gasteiger partial charge in [0.2, 0.25) is 0 Å². The predicted molar refractivity (Wildman–Crippen MR) is 56.7 cm³/mol. The smallest absolute Gasteiger partial charge is 0.196 e. The molecule has 0 amide bonds. The van der Waals surface area contributed by atoms with Crippen molar-refractivity contribution in [3.63, 3.8) is 0 Å². The second-order valence-electron chi connectivity index (χ2n) is 4.13. The Morgan fingerprint density at radius 2 is 2.53 bits per heavy atom. The summed E-state index contributed by atoms with van der Waals surface area (Å²) in [6, 6.07) is 0. The summed E-state index contributed by atoms with van der Waals surface area (Å²) in [5.74, 6) is 1.90. The van der Waals surface area contributed by atoms with Crippen LogP contribution in [-0.4, -0.2) is 24.2 Å². The zero-order valence-corrected chi connectivity index (χ0v) is 9.11. The number of rotatable bonds is 4. The minimum Gasteiger partial charge on any atom is -0.445 e. The number of hydrogen-bond donors (Lipinski definition) is 1. The molecule has 2 unspecified atom stereocenters. The first-order valence-electron chi connectivity index (χ1n) is 5.56. The molecule has 1 aliphatic rings. The number of hydrogen-bond acceptors (Lipinski definition) is 4. The standard InChI is InChI=1S/C11H18N2O2/c1-8(6-12)10-7-13-11(15-10)5-9-3-2-4-14-9/h7-9H,2-6,12H2,1H3. The fourth-order valence-electron chi connectivity index (χ4n) is 1.76. The van der Waals surface area contributed by atoms with Gasteiger partial charge in [0.05, 0.1) is 18.7 Å². The van der Waals surface area contributed by atoms with Gasteiger partial charge >= 0.3 is 0 Å². The average molecular weight is 210 g/mol. The lowest BCUT2D eigenvalue weighted by Crippen LogP contribution is -2.09. The van der Waals surface area contributed by atoms with Crippen molar-refractivity contribution in [3.05, 3.63) is 17.8 Å². The maximum atomic E-state index is 5.63. The third-order valence-corrected chi connectivity index (χ3v) is 2.84. The van der Waals surface area contributed by atoms with Crippen LogP contribution in [0.2, 0.25) is 0 Å². The molecule has 4 nitrogen and oxygen atoms in total. The lowest BCUT2D eigenvalue weighted by Gasteiger charge is -2.05. The molecule has 0 saturated carbocycles. The van der Waals surface area contributed by atoms with Crippen molar-refractivity contribution >= 4 is 0 Å². The molecule has 2 N–H and O–H groups in total. The van der Waals surface area contributed by atoms with Gasteiger partial charge in [0, 0.05) is 19.1 Å². The summed E-state index contributed by atoms with van der Waals surface area (Å²) in [5.41, 5.74) is 5.56. The summed E-state index contributed by atoms with van der Waals surface area (Å²) in [4.78, 5) is 4.25. The topological polar surface area (TPSA) is 61.3 Å². The molecule has 0 spiro atoms. The van der Waals surface area contributed by atoms with Gasteiger partial charge in [-0.3, -0.25) is 0 Å². The molecule has 1 saturated heterocycles. The first-order chi connectivity index (χ1) is 7.29. The Balaban J connectivity index is 1.94. The van der Waals surface area contributed by atoms with E-state index in [1.807, 2.05) is 6.92 Å². The van der Waals surface area contributed by atoms with Crippen LogP contribution >= 0.6 is 0 Å². The molecule has 1 aromatic heterocycles. The van der Waals surface area contributed by atoms with Crippen molar-refractivity contribution < 1.29 is 9.15 Å². The maximum Gasteiger partial charge on any atom is 0.196 e. The molecule has 0 bridgehead atoms. The molecule has 2 atom stereocenters. The van der Waals surface area contributed by atoms with Crippen molar-refractivity contribution in [1.82, 2.24) is 4.98 Å². The van der Waals surface area contributed by atoms with E-state index < -0.39 is 0 Å². The average Bonchev–Trinajstić information content (AvgIpc) is 2.88. The van der Waals surface area contributed by atoms with Gasteiger partial charge in [0.15, 0.2) is 5.89 Å². The fourth-order valence-corrected chi connectivity index (χ4v) is 1.76. The van der Waals surface area contributed by atoms with E-state index in [-0.39, 0.29) is 5.92 Å². The number of oxazole rings is 1. The monoisotopic (exact) mass is 210 g/mol. The van der Waals surface area contributed by atoms with E-state index in [9.17, 15) is 0 Å². The Labute approximate surface area is 89.8 Å². The van der Waals surface area contributed by atoms with Crippen molar-refractivity contribution in [1.29, 1.82) is 0 Å². The van der Waals surface area contributed by atoms with Crippen LogP contribution in [0.1, 0.15) is 37.3 Å². The van der Waals surface area contributed by atoms with Gasteiger partial charge in [-0.15, -0.1) is 0 Å². The van der Waals surface area contributed by atoms with Gasteiger partial charge < -0.3 is 14.9 Å². The molecule has 1 aromatic rings. The van der Waals surface area contributed by atoms with Gasteiger partial charge in [-0.05, 0) is 12.8 Å². The summed E-state index contributed by atoms with van der Waals surface area (Å²) in [5, 5.41) is 0. The number of nitrogens with zero attached hydrogens (tertiary/aromatic N) is 1. The first-order valence-corrected chi connectivity index (χ1v) is 5.56. The number of ether oxygens (including phenoxy) is 1. The highest BCUT2D eigenvalue weighted by molar-refractivity contribution is 5.01. The highest BCUT2D eigenvalue weighted by Crippen LogP contribution is 2.19. The normalized spacial score (nSPS) is 23.2. The lowest BCUT2D eigenvalue weighted by molar-refractivity contribution is 0.105. The zero-order valence-electron chi connectivity index (χ0n) is 9.11. The predicted octanol–water partition coefficient (Wildman–Crippen LogP) is 1.46. The molecule has 0 radical (unpaired) electrons. The molecule has 15 heavy (non-hydrogen) atoms. The molecule has 2 heterocycles. The first kappa shape index (κ1) is 10.6. The van der Waals surface area contributed by atoms with Gasteiger partial charge in [0.1, 0.15) is 5.76 Å². The van der Waals surface area contributed by atoms with Gasteiger partial charge in [0.25, 0.3) is 0 Å². The molecule has 0 aromatic carbocycles. The van der Waals surface area contributed by atoms with Gasteiger partial charge in [-0.1, -0.05) is 6.92 Å². The van der Waals surface area contributed by atoms with Crippen LogP contribution in [-0.2, 0) is 11.2 Å². The van der Waals surface area contributed by atoms with E-state index in [1.165, 1.54) is 0 Å². The van der Waals surface area contributed by atoms with Crippen molar-refractivity contribution in [2.24, 2.45) is 5.73 Å². The SMILES string of the molecule is CC(CN)c1cnc(CC2CCCO2)o1.